The molecule has 8 heteroatoms. The lowest BCUT2D eigenvalue weighted by Crippen LogP contribution is -2.57. The van der Waals surface area contributed by atoms with Gasteiger partial charge in [0.1, 0.15) is 5.75 Å². The van der Waals surface area contributed by atoms with Crippen LogP contribution in [0.4, 0.5) is 5.69 Å². The maximum absolute atomic E-state index is 13.8. The van der Waals surface area contributed by atoms with E-state index in [2.05, 4.69) is 5.32 Å². The number of rotatable bonds is 4. The van der Waals surface area contributed by atoms with Crippen molar-refractivity contribution < 1.29 is 19.4 Å². The first-order valence-corrected chi connectivity index (χ1v) is 10.5. The zero-order valence-corrected chi connectivity index (χ0v) is 18.7. The number of nitrogens with one attached hydrogen (secondary N) is 1. The van der Waals surface area contributed by atoms with E-state index in [1.807, 2.05) is 25.1 Å². The summed E-state index contributed by atoms with van der Waals surface area (Å²) in [6.45, 7) is 2.09. The lowest BCUT2D eigenvalue weighted by Gasteiger charge is -2.41. The maximum Gasteiger partial charge on any atom is 0.254 e. The molecule has 1 saturated heterocycles. The first-order chi connectivity index (χ1) is 14.7. The van der Waals surface area contributed by atoms with Gasteiger partial charge >= 0.3 is 0 Å². The Morgan fingerprint density at radius 1 is 1.26 bits per heavy atom. The third-order valence-corrected chi connectivity index (χ3v) is 6.36. The summed E-state index contributed by atoms with van der Waals surface area (Å²) in [4.78, 5) is 30.2. The number of ether oxygens (including phenoxy) is 1. The first kappa shape index (κ1) is 21.6. The summed E-state index contributed by atoms with van der Waals surface area (Å²) in [5.74, 6) is 0.0381. The number of aliphatic hydroxyl groups excluding tert-OH is 1. The fourth-order valence-corrected chi connectivity index (χ4v) is 4.96. The monoisotopic (exact) mass is 443 g/mol. The van der Waals surface area contributed by atoms with Gasteiger partial charge in [0.2, 0.25) is 5.91 Å². The number of amides is 2. The van der Waals surface area contributed by atoms with Gasteiger partial charge in [-0.15, -0.1) is 0 Å². The Morgan fingerprint density at radius 3 is 2.68 bits per heavy atom. The number of hydrogen-bond donors (Lipinski definition) is 2. The predicted octanol–water partition coefficient (Wildman–Crippen LogP) is 2.38. The SMILES string of the molecule is COc1ccc(C)cc1C1(N2C[C@@H](O)C[C@@H]2C(=O)N(C)C)C(=O)Nc2ccc(Cl)cc21. The summed E-state index contributed by atoms with van der Waals surface area (Å²) >= 11 is 6.36. The molecule has 0 radical (unpaired) electrons. The summed E-state index contributed by atoms with van der Waals surface area (Å²) in [6, 6.07) is 10.2. The van der Waals surface area contributed by atoms with Crippen molar-refractivity contribution in [2.45, 2.75) is 31.0 Å². The van der Waals surface area contributed by atoms with E-state index in [9.17, 15) is 14.7 Å². The molecule has 2 aromatic rings. The summed E-state index contributed by atoms with van der Waals surface area (Å²) in [5, 5.41) is 14.0. The normalized spacial score (nSPS) is 25.3. The number of β-amino-alcohol motifs (C(OH)–C–C–N with tert-alkyl or cyclic N) is 1. The number of fused-ring (bicyclic) bond motifs is 1. The second kappa shape index (κ2) is 7.82. The number of halogens is 1. The summed E-state index contributed by atoms with van der Waals surface area (Å²) in [5.41, 5.74) is 1.42. The van der Waals surface area contributed by atoms with Crippen LogP contribution in [0.5, 0.6) is 5.75 Å². The number of methoxy groups -OCH3 is 1. The zero-order chi connectivity index (χ0) is 22.5. The van der Waals surface area contributed by atoms with Crippen molar-refractivity contribution >= 4 is 29.1 Å². The van der Waals surface area contributed by atoms with Crippen LogP contribution < -0.4 is 10.1 Å². The second-order valence-electron chi connectivity index (χ2n) is 8.35. The Morgan fingerprint density at radius 2 is 2.00 bits per heavy atom. The molecule has 2 heterocycles. The number of aliphatic hydroxyl groups is 1. The topological polar surface area (TPSA) is 82.1 Å². The fraction of sp³-hybridized carbons (Fsp3) is 0.391. The molecule has 7 nitrogen and oxygen atoms in total. The van der Waals surface area contributed by atoms with Crippen LogP contribution in [-0.4, -0.2) is 66.6 Å². The van der Waals surface area contributed by atoms with Gasteiger partial charge in [-0.2, -0.15) is 0 Å². The quantitative estimate of drug-likeness (QED) is 0.758. The van der Waals surface area contributed by atoms with Gasteiger partial charge in [-0.05, 0) is 43.7 Å². The van der Waals surface area contributed by atoms with E-state index in [1.54, 1.807) is 44.3 Å². The molecule has 3 atom stereocenters. The molecule has 2 aliphatic heterocycles. The highest BCUT2D eigenvalue weighted by Gasteiger charge is 2.59. The molecule has 2 aliphatic rings. The van der Waals surface area contributed by atoms with E-state index < -0.39 is 17.7 Å². The number of anilines is 1. The minimum atomic E-state index is -1.38. The summed E-state index contributed by atoms with van der Waals surface area (Å²) in [6.07, 6.45) is -0.520. The summed E-state index contributed by atoms with van der Waals surface area (Å²) < 4.78 is 5.66. The van der Waals surface area contributed by atoms with E-state index in [4.69, 9.17) is 16.3 Å². The number of likely N-dealkylation sites (tertiary alicyclic amines) is 1. The molecule has 0 aromatic heterocycles. The van der Waals surface area contributed by atoms with Crippen LogP contribution in [0.2, 0.25) is 5.02 Å². The smallest absolute Gasteiger partial charge is 0.254 e. The summed E-state index contributed by atoms with van der Waals surface area (Å²) in [7, 11) is 4.89. The standard InChI is InChI=1S/C23H26ClN3O4/c1-13-5-8-20(31-4)17(9-13)23(16-10-14(24)6-7-18(16)25-22(23)30)27-12-15(28)11-19(27)21(29)26(2)3/h5-10,15,19,28H,11-12H2,1-4H3,(H,25,30)/t15-,19+,23?/m0/s1. The van der Waals surface area contributed by atoms with Crippen molar-refractivity contribution in [3.05, 3.63) is 58.1 Å². The molecule has 0 aliphatic carbocycles. The van der Waals surface area contributed by atoms with Crippen molar-refractivity contribution in [2.24, 2.45) is 0 Å². The molecule has 31 heavy (non-hydrogen) atoms. The minimum absolute atomic E-state index is 0.153. The number of carbonyl (C=O) groups is 2. The van der Waals surface area contributed by atoms with Gasteiger partial charge in [0, 0.05) is 42.5 Å². The van der Waals surface area contributed by atoms with Gasteiger partial charge < -0.3 is 20.1 Å². The molecule has 0 bridgehead atoms. The Kier molecular flexibility index (Phi) is 5.45. The molecule has 0 saturated carbocycles. The molecular weight excluding hydrogens is 418 g/mol. The number of benzene rings is 2. The zero-order valence-electron chi connectivity index (χ0n) is 18.0. The van der Waals surface area contributed by atoms with E-state index in [1.165, 1.54) is 4.90 Å². The van der Waals surface area contributed by atoms with Crippen LogP contribution in [0.15, 0.2) is 36.4 Å². The van der Waals surface area contributed by atoms with Crippen LogP contribution in [0.25, 0.3) is 0 Å². The van der Waals surface area contributed by atoms with Crippen LogP contribution >= 0.6 is 11.6 Å². The lowest BCUT2D eigenvalue weighted by molar-refractivity contribution is -0.138. The van der Waals surface area contributed by atoms with Gasteiger partial charge in [-0.1, -0.05) is 23.2 Å². The van der Waals surface area contributed by atoms with E-state index in [0.29, 0.717) is 27.6 Å². The van der Waals surface area contributed by atoms with Crippen molar-refractivity contribution in [3.63, 3.8) is 0 Å². The molecule has 4 rings (SSSR count). The van der Waals surface area contributed by atoms with Crippen LogP contribution in [0.3, 0.4) is 0 Å². The first-order valence-electron chi connectivity index (χ1n) is 10.1. The highest BCUT2D eigenvalue weighted by atomic mass is 35.5. The maximum atomic E-state index is 13.8. The van der Waals surface area contributed by atoms with Gasteiger partial charge in [-0.3, -0.25) is 14.5 Å². The van der Waals surface area contributed by atoms with Crippen LogP contribution in [-0.2, 0) is 15.1 Å². The van der Waals surface area contributed by atoms with Crippen molar-refractivity contribution in [1.82, 2.24) is 9.80 Å². The number of hydrogen-bond acceptors (Lipinski definition) is 5. The molecule has 0 spiro atoms. The Bertz CT molecular complexity index is 1060. The number of carbonyl (C=O) groups excluding carboxylic acids is 2. The number of aryl methyl sites for hydroxylation is 1. The van der Waals surface area contributed by atoms with Gasteiger partial charge in [-0.25, -0.2) is 0 Å². The van der Waals surface area contributed by atoms with Crippen molar-refractivity contribution in [1.29, 1.82) is 0 Å². The van der Waals surface area contributed by atoms with Gasteiger partial charge in [0.15, 0.2) is 5.54 Å². The third kappa shape index (κ3) is 3.28. The Balaban J connectivity index is 2.05. The highest BCUT2D eigenvalue weighted by Crippen LogP contribution is 2.51. The fourth-order valence-electron chi connectivity index (χ4n) is 4.79. The van der Waals surface area contributed by atoms with Crippen LogP contribution in [0, 0.1) is 6.92 Å². The van der Waals surface area contributed by atoms with Crippen molar-refractivity contribution in [3.8, 4) is 5.75 Å². The van der Waals surface area contributed by atoms with E-state index >= 15 is 0 Å². The number of likely N-dealkylation sites (N-methyl/N-ethyl adjacent to an activating group) is 1. The molecular formula is C23H26ClN3O4. The molecule has 164 valence electrons. The Hall–Kier alpha value is -2.61. The third-order valence-electron chi connectivity index (χ3n) is 6.13. The molecule has 2 N–H and O–H groups in total. The van der Waals surface area contributed by atoms with Crippen molar-refractivity contribution in [2.75, 3.05) is 33.1 Å². The molecule has 1 unspecified atom stereocenters. The number of nitrogens with zero attached hydrogens (tertiary/aromatic N) is 2. The second-order valence-corrected chi connectivity index (χ2v) is 8.78. The average Bonchev–Trinajstić information content (AvgIpc) is 3.24. The molecule has 2 aromatic carbocycles. The lowest BCUT2D eigenvalue weighted by atomic mass is 9.80. The van der Waals surface area contributed by atoms with E-state index in [-0.39, 0.29) is 24.8 Å². The van der Waals surface area contributed by atoms with Crippen LogP contribution in [0.1, 0.15) is 23.1 Å². The average molecular weight is 444 g/mol. The highest BCUT2D eigenvalue weighted by molar-refractivity contribution is 6.31. The van der Waals surface area contributed by atoms with Gasteiger partial charge in [0.05, 0.1) is 19.3 Å². The van der Waals surface area contributed by atoms with E-state index in [0.717, 1.165) is 5.56 Å². The van der Waals surface area contributed by atoms with Gasteiger partial charge in [0.25, 0.3) is 5.91 Å². The minimum Gasteiger partial charge on any atom is -0.496 e. The Labute approximate surface area is 186 Å². The molecule has 1 fully saturated rings. The predicted molar refractivity (Wildman–Crippen MR) is 118 cm³/mol. The molecule has 2 amide bonds. The largest absolute Gasteiger partial charge is 0.496 e.